The second-order valence-corrected chi connectivity index (χ2v) is 9.89. The van der Waals surface area contributed by atoms with Gasteiger partial charge < -0.3 is 4.74 Å². The van der Waals surface area contributed by atoms with Crippen LogP contribution in [0.4, 0.5) is 0 Å². The molecule has 3 rings (SSSR count). The van der Waals surface area contributed by atoms with Crippen molar-refractivity contribution in [1.29, 1.82) is 0 Å². The number of ether oxygens (including phenoxy) is 1. The molecule has 3 aromatic carbocycles. The maximum atomic E-state index is 12.4. The molecule has 5 nitrogen and oxygen atoms in total. The van der Waals surface area contributed by atoms with E-state index in [0.717, 1.165) is 37.2 Å². The number of benzene rings is 3. The minimum atomic E-state index is -3.71. The molecular weight excluding hydrogens is 434 g/mol. The number of fused-ring (bicyclic) bond motifs is 1. The van der Waals surface area contributed by atoms with Crippen LogP contribution in [0.25, 0.3) is 10.8 Å². The molecule has 0 aromatic heterocycles. The van der Waals surface area contributed by atoms with Crippen LogP contribution in [0.5, 0.6) is 5.75 Å². The van der Waals surface area contributed by atoms with Crippen LogP contribution in [0, 0.1) is 6.92 Å². The van der Waals surface area contributed by atoms with Crippen LogP contribution in [-0.2, 0) is 14.3 Å². The van der Waals surface area contributed by atoms with Crippen molar-refractivity contribution in [1.82, 2.24) is 4.90 Å². The standard InChI is InChI=1S/C27H35NO4S/c1-5-17-28(18-10-19-32-33(29,30)24-11-8-7-9-12-24)26(6-2)23-13-15-25-21(3)27(31-4)16-14-22(25)20-23/h7-9,11-16,20,26H,5-6,10,17-19H2,1-4H3. The molecule has 1 unspecified atom stereocenters. The van der Waals surface area contributed by atoms with Gasteiger partial charge in [0.2, 0.25) is 0 Å². The largest absolute Gasteiger partial charge is 0.496 e. The summed E-state index contributed by atoms with van der Waals surface area (Å²) in [4.78, 5) is 2.64. The van der Waals surface area contributed by atoms with Crippen molar-refractivity contribution in [3.63, 3.8) is 0 Å². The quantitative estimate of drug-likeness (QED) is 0.236. The molecule has 0 radical (unpaired) electrons. The summed E-state index contributed by atoms with van der Waals surface area (Å²) in [7, 11) is -2.01. The molecule has 0 aliphatic carbocycles. The minimum absolute atomic E-state index is 0.171. The van der Waals surface area contributed by atoms with Gasteiger partial charge >= 0.3 is 0 Å². The Balaban J connectivity index is 1.70. The Morgan fingerprint density at radius 3 is 2.39 bits per heavy atom. The third-order valence-electron chi connectivity index (χ3n) is 6.07. The summed E-state index contributed by atoms with van der Waals surface area (Å²) in [6.45, 7) is 8.36. The maximum absolute atomic E-state index is 12.4. The highest BCUT2D eigenvalue weighted by Crippen LogP contribution is 2.32. The van der Waals surface area contributed by atoms with Crippen molar-refractivity contribution in [2.45, 2.75) is 51.0 Å². The third-order valence-corrected chi connectivity index (χ3v) is 7.39. The van der Waals surface area contributed by atoms with Crippen molar-refractivity contribution in [3.05, 3.63) is 71.8 Å². The highest BCUT2D eigenvalue weighted by Gasteiger charge is 2.20. The molecule has 0 bridgehead atoms. The average Bonchev–Trinajstić information content (AvgIpc) is 2.83. The lowest BCUT2D eigenvalue weighted by molar-refractivity contribution is 0.175. The number of aryl methyl sites for hydroxylation is 1. The minimum Gasteiger partial charge on any atom is -0.496 e. The lowest BCUT2D eigenvalue weighted by Crippen LogP contribution is -2.31. The van der Waals surface area contributed by atoms with E-state index < -0.39 is 10.1 Å². The van der Waals surface area contributed by atoms with Crippen LogP contribution in [-0.4, -0.2) is 40.1 Å². The van der Waals surface area contributed by atoms with E-state index in [1.807, 2.05) is 6.07 Å². The number of nitrogens with zero attached hydrogens (tertiary/aromatic N) is 1. The van der Waals surface area contributed by atoms with Crippen LogP contribution in [0.3, 0.4) is 0 Å². The molecule has 33 heavy (non-hydrogen) atoms. The van der Waals surface area contributed by atoms with E-state index in [9.17, 15) is 8.42 Å². The summed E-state index contributed by atoms with van der Waals surface area (Å²) in [6, 6.07) is 19.4. The number of hydrogen-bond donors (Lipinski definition) is 0. The van der Waals surface area contributed by atoms with Crippen LogP contribution < -0.4 is 4.74 Å². The molecule has 0 saturated heterocycles. The van der Waals surface area contributed by atoms with Crippen LogP contribution in [0.2, 0.25) is 0 Å². The highest BCUT2D eigenvalue weighted by atomic mass is 32.2. The van der Waals surface area contributed by atoms with E-state index in [-0.39, 0.29) is 17.5 Å². The molecule has 0 spiro atoms. The molecule has 0 N–H and O–H groups in total. The Bertz CT molecular complexity index is 1150. The first-order valence-corrected chi connectivity index (χ1v) is 13.1. The van der Waals surface area contributed by atoms with Gasteiger partial charge in [-0.15, -0.1) is 0 Å². The van der Waals surface area contributed by atoms with Gasteiger partial charge in [-0.3, -0.25) is 9.08 Å². The zero-order chi connectivity index (χ0) is 23.8. The van der Waals surface area contributed by atoms with Crippen LogP contribution in [0.15, 0.2) is 65.6 Å². The fourth-order valence-corrected chi connectivity index (χ4v) is 5.38. The van der Waals surface area contributed by atoms with Gasteiger partial charge in [-0.25, -0.2) is 0 Å². The Morgan fingerprint density at radius 1 is 0.970 bits per heavy atom. The van der Waals surface area contributed by atoms with Crippen molar-refractivity contribution >= 4 is 20.9 Å². The Hall–Kier alpha value is -2.41. The number of methoxy groups -OCH3 is 1. The first-order valence-electron chi connectivity index (χ1n) is 11.7. The molecule has 0 saturated carbocycles. The fourth-order valence-electron chi connectivity index (χ4n) is 4.42. The first kappa shape index (κ1) is 25.2. The molecule has 0 aliphatic rings. The lowest BCUT2D eigenvalue weighted by atomic mass is 9.96. The van der Waals surface area contributed by atoms with Gasteiger partial charge in [-0.1, -0.05) is 50.2 Å². The maximum Gasteiger partial charge on any atom is 0.296 e. The monoisotopic (exact) mass is 469 g/mol. The summed E-state index contributed by atoms with van der Waals surface area (Å²) in [5.41, 5.74) is 2.43. The third kappa shape index (κ3) is 6.14. The van der Waals surface area contributed by atoms with Gasteiger partial charge in [0.25, 0.3) is 10.1 Å². The topological polar surface area (TPSA) is 55.8 Å². The van der Waals surface area contributed by atoms with E-state index in [2.05, 4.69) is 49.9 Å². The Kier molecular flexibility index (Phi) is 8.89. The second kappa shape index (κ2) is 11.6. The van der Waals surface area contributed by atoms with Gasteiger partial charge in [-0.05, 0) is 78.9 Å². The Morgan fingerprint density at radius 2 is 1.73 bits per heavy atom. The van der Waals surface area contributed by atoms with Crippen LogP contribution >= 0.6 is 0 Å². The second-order valence-electron chi connectivity index (χ2n) is 8.28. The molecular formula is C27H35NO4S. The van der Waals surface area contributed by atoms with Gasteiger partial charge in [0.1, 0.15) is 5.75 Å². The van der Waals surface area contributed by atoms with Gasteiger partial charge in [0.15, 0.2) is 0 Å². The molecule has 1 atom stereocenters. The lowest BCUT2D eigenvalue weighted by Gasteiger charge is -2.31. The van der Waals surface area contributed by atoms with Gasteiger partial charge in [-0.2, -0.15) is 8.42 Å². The average molecular weight is 470 g/mol. The van der Waals surface area contributed by atoms with E-state index in [1.54, 1.807) is 37.4 Å². The molecule has 0 amide bonds. The molecule has 178 valence electrons. The van der Waals surface area contributed by atoms with E-state index in [1.165, 1.54) is 16.3 Å². The zero-order valence-corrected chi connectivity index (χ0v) is 20.9. The number of hydrogen-bond acceptors (Lipinski definition) is 5. The fraction of sp³-hybridized carbons (Fsp3) is 0.407. The molecule has 0 aliphatic heterocycles. The molecule has 0 heterocycles. The summed E-state index contributed by atoms with van der Waals surface area (Å²) in [6.07, 6.45) is 2.65. The predicted molar refractivity (Wildman–Crippen MR) is 134 cm³/mol. The molecule has 6 heteroatoms. The van der Waals surface area contributed by atoms with E-state index >= 15 is 0 Å². The normalized spacial score (nSPS) is 12.9. The summed E-state index contributed by atoms with van der Waals surface area (Å²) < 4.78 is 35.5. The van der Waals surface area contributed by atoms with Crippen molar-refractivity contribution < 1.29 is 17.3 Å². The smallest absolute Gasteiger partial charge is 0.296 e. The van der Waals surface area contributed by atoms with Crippen molar-refractivity contribution in [3.8, 4) is 5.75 Å². The van der Waals surface area contributed by atoms with Crippen molar-refractivity contribution in [2.24, 2.45) is 0 Å². The van der Waals surface area contributed by atoms with Gasteiger partial charge in [0.05, 0.1) is 18.6 Å². The predicted octanol–water partition coefficient (Wildman–Crippen LogP) is 6.12. The molecule has 0 fully saturated rings. The summed E-state index contributed by atoms with van der Waals surface area (Å²) in [5.74, 6) is 0.903. The van der Waals surface area contributed by atoms with E-state index in [0.29, 0.717) is 6.42 Å². The van der Waals surface area contributed by atoms with E-state index in [4.69, 9.17) is 8.92 Å². The van der Waals surface area contributed by atoms with Crippen molar-refractivity contribution in [2.75, 3.05) is 26.8 Å². The molecule has 3 aromatic rings. The highest BCUT2D eigenvalue weighted by molar-refractivity contribution is 7.86. The Labute approximate surface area is 198 Å². The summed E-state index contributed by atoms with van der Waals surface area (Å²) >= 11 is 0. The first-order chi connectivity index (χ1) is 15.9. The summed E-state index contributed by atoms with van der Waals surface area (Å²) in [5, 5.41) is 2.41. The zero-order valence-electron chi connectivity index (χ0n) is 20.1. The SMILES string of the molecule is CCCN(CCCOS(=O)(=O)c1ccccc1)C(CC)c1ccc2c(C)c(OC)ccc2c1. The van der Waals surface area contributed by atoms with Crippen LogP contribution in [0.1, 0.15) is 50.3 Å². The number of rotatable bonds is 12. The van der Waals surface area contributed by atoms with Gasteiger partial charge in [0, 0.05) is 12.6 Å².